The van der Waals surface area contributed by atoms with E-state index >= 15 is 0 Å². The molecule has 0 aliphatic heterocycles. The summed E-state index contributed by atoms with van der Waals surface area (Å²) in [5.41, 5.74) is 6.28. The van der Waals surface area contributed by atoms with Gasteiger partial charge in [0.1, 0.15) is 5.75 Å². The summed E-state index contributed by atoms with van der Waals surface area (Å²) in [5.74, 6) is 1.48. The average molecular weight is 452 g/mol. The van der Waals surface area contributed by atoms with Crippen molar-refractivity contribution in [3.05, 3.63) is 58.7 Å². The second kappa shape index (κ2) is 10.8. The molecule has 3 nitrogen and oxygen atoms in total. The van der Waals surface area contributed by atoms with Crippen LogP contribution in [0.4, 0.5) is 5.69 Å². The number of benzene rings is 2. The van der Waals surface area contributed by atoms with Gasteiger partial charge in [-0.05, 0) is 90.0 Å². The molecule has 1 unspecified atom stereocenters. The van der Waals surface area contributed by atoms with Gasteiger partial charge in [-0.1, -0.05) is 67.5 Å². The predicted molar refractivity (Wildman–Crippen MR) is 142 cm³/mol. The lowest BCUT2D eigenvalue weighted by molar-refractivity contribution is -0.116. The minimum Gasteiger partial charge on any atom is -0.491 e. The zero-order valence-corrected chi connectivity index (χ0v) is 22.6. The smallest absolute Gasteiger partial charge is 0.224 e. The van der Waals surface area contributed by atoms with Crippen molar-refractivity contribution in [1.29, 1.82) is 0 Å². The maximum absolute atomic E-state index is 12.7. The molecule has 2 aromatic rings. The van der Waals surface area contributed by atoms with E-state index in [2.05, 4.69) is 86.7 Å². The standard InChI is InChI=1S/C30H45NO2/c1-20(2)17-21(3)33-25-14-12-24(13-15-25)31-28(32)16-11-23-18-26(29(5,6)7)22(4)27(19-23)30(8,9)10/h12-15,18-21H,11,16-17H2,1-10H3,(H,31,32). The fraction of sp³-hybridized carbons (Fsp3) is 0.567. The van der Waals surface area contributed by atoms with E-state index in [1.54, 1.807) is 0 Å². The maximum atomic E-state index is 12.7. The molecule has 33 heavy (non-hydrogen) atoms. The Morgan fingerprint density at radius 1 is 0.909 bits per heavy atom. The zero-order chi connectivity index (χ0) is 25.0. The Bertz CT molecular complexity index is 892. The quantitative estimate of drug-likeness (QED) is 0.442. The van der Waals surface area contributed by atoms with Crippen LogP contribution in [0, 0.1) is 12.8 Å². The molecule has 3 heteroatoms. The van der Waals surface area contributed by atoms with Crippen LogP contribution in [0.5, 0.6) is 5.75 Å². The van der Waals surface area contributed by atoms with Gasteiger partial charge in [0.2, 0.25) is 5.91 Å². The van der Waals surface area contributed by atoms with Crippen LogP contribution in [0.2, 0.25) is 0 Å². The number of hydrogen-bond acceptors (Lipinski definition) is 2. The molecule has 0 heterocycles. The number of carbonyl (C=O) groups excluding carboxylic acids is 1. The highest BCUT2D eigenvalue weighted by Crippen LogP contribution is 2.35. The van der Waals surface area contributed by atoms with Crippen molar-refractivity contribution in [1.82, 2.24) is 0 Å². The van der Waals surface area contributed by atoms with E-state index in [1.807, 2.05) is 24.3 Å². The van der Waals surface area contributed by atoms with Crippen LogP contribution in [0.15, 0.2) is 36.4 Å². The summed E-state index contributed by atoms with van der Waals surface area (Å²) in [6.07, 6.45) is 2.38. The lowest BCUT2D eigenvalue weighted by atomic mass is 9.75. The molecule has 0 aliphatic carbocycles. The zero-order valence-electron chi connectivity index (χ0n) is 22.6. The van der Waals surface area contributed by atoms with Crippen LogP contribution in [0.25, 0.3) is 0 Å². The molecule has 1 N–H and O–H groups in total. The topological polar surface area (TPSA) is 38.3 Å². The number of carbonyl (C=O) groups is 1. The molecule has 0 bridgehead atoms. The normalized spacial score (nSPS) is 13.2. The van der Waals surface area contributed by atoms with Crippen LogP contribution in [-0.2, 0) is 22.0 Å². The van der Waals surface area contributed by atoms with Crippen molar-refractivity contribution >= 4 is 11.6 Å². The van der Waals surface area contributed by atoms with Crippen LogP contribution >= 0.6 is 0 Å². The Hall–Kier alpha value is -2.29. The summed E-state index contributed by atoms with van der Waals surface area (Å²) >= 11 is 0. The van der Waals surface area contributed by atoms with Crippen molar-refractivity contribution in [3.63, 3.8) is 0 Å². The summed E-state index contributed by atoms with van der Waals surface area (Å²) in [7, 11) is 0. The highest BCUT2D eigenvalue weighted by Gasteiger charge is 2.24. The fourth-order valence-electron chi connectivity index (χ4n) is 4.52. The SMILES string of the molecule is Cc1c(C(C)(C)C)cc(CCC(=O)Nc2ccc(OC(C)CC(C)C)cc2)cc1C(C)(C)C. The highest BCUT2D eigenvalue weighted by atomic mass is 16.5. The minimum absolute atomic E-state index is 0.0343. The summed E-state index contributed by atoms with van der Waals surface area (Å²) in [6.45, 7) is 22.3. The summed E-state index contributed by atoms with van der Waals surface area (Å²) in [6, 6.07) is 12.3. The number of amides is 1. The summed E-state index contributed by atoms with van der Waals surface area (Å²) in [5, 5.41) is 3.03. The van der Waals surface area contributed by atoms with Crippen molar-refractivity contribution < 1.29 is 9.53 Å². The predicted octanol–water partition coefficient (Wildman–Crippen LogP) is 7.97. The van der Waals surface area contributed by atoms with Crippen LogP contribution in [0.1, 0.15) is 97.4 Å². The summed E-state index contributed by atoms with van der Waals surface area (Å²) < 4.78 is 5.96. The van der Waals surface area contributed by atoms with Gasteiger partial charge in [0.25, 0.3) is 0 Å². The number of hydrogen-bond donors (Lipinski definition) is 1. The number of ether oxygens (including phenoxy) is 1. The van der Waals surface area contributed by atoms with Gasteiger partial charge in [0.15, 0.2) is 0 Å². The van der Waals surface area contributed by atoms with Crippen molar-refractivity contribution in [2.24, 2.45) is 5.92 Å². The second-order valence-electron chi connectivity index (χ2n) is 11.9. The van der Waals surface area contributed by atoms with Gasteiger partial charge in [-0.25, -0.2) is 0 Å². The number of rotatable bonds is 8. The Morgan fingerprint density at radius 3 is 1.88 bits per heavy atom. The van der Waals surface area contributed by atoms with Crippen LogP contribution in [0.3, 0.4) is 0 Å². The first-order valence-electron chi connectivity index (χ1n) is 12.4. The molecule has 1 atom stereocenters. The number of nitrogens with one attached hydrogen (secondary N) is 1. The molecule has 1 amide bonds. The fourth-order valence-corrected chi connectivity index (χ4v) is 4.52. The van der Waals surface area contributed by atoms with Gasteiger partial charge >= 0.3 is 0 Å². The first-order chi connectivity index (χ1) is 15.2. The first-order valence-corrected chi connectivity index (χ1v) is 12.4. The minimum atomic E-state index is 0.0343. The molecular formula is C30H45NO2. The van der Waals surface area contributed by atoms with Gasteiger partial charge in [-0.15, -0.1) is 0 Å². The molecule has 0 aromatic heterocycles. The van der Waals surface area contributed by atoms with E-state index in [-0.39, 0.29) is 22.8 Å². The molecule has 2 aromatic carbocycles. The van der Waals surface area contributed by atoms with E-state index in [0.29, 0.717) is 12.3 Å². The van der Waals surface area contributed by atoms with E-state index in [1.165, 1.54) is 22.3 Å². The van der Waals surface area contributed by atoms with Crippen molar-refractivity contribution in [2.45, 2.75) is 105 Å². The van der Waals surface area contributed by atoms with Gasteiger partial charge in [-0.3, -0.25) is 4.79 Å². The van der Waals surface area contributed by atoms with Crippen LogP contribution in [-0.4, -0.2) is 12.0 Å². The van der Waals surface area contributed by atoms with Crippen LogP contribution < -0.4 is 10.1 Å². The Labute approximate surface area is 202 Å². The van der Waals surface area contributed by atoms with Gasteiger partial charge in [0.05, 0.1) is 6.10 Å². The third-order valence-electron chi connectivity index (χ3n) is 6.00. The van der Waals surface area contributed by atoms with Gasteiger partial charge < -0.3 is 10.1 Å². The molecule has 2 rings (SSSR count). The van der Waals surface area contributed by atoms with E-state index in [4.69, 9.17) is 4.74 Å². The Kier molecular flexibility index (Phi) is 8.79. The third kappa shape index (κ3) is 8.21. The summed E-state index contributed by atoms with van der Waals surface area (Å²) in [4.78, 5) is 12.7. The molecule has 0 saturated heterocycles. The maximum Gasteiger partial charge on any atom is 0.224 e. The molecule has 0 aliphatic rings. The average Bonchev–Trinajstić information content (AvgIpc) is 2.66. The highest BCUT2D eigenvalue weighted by molar-refractivity contribution is 5.90. The molecule has 0 spiro atoms. The number of anilines is 1. The largest absolute Gasteiger partial charge is 0.491 e. The number of aryl methyl sites for hydroxylation is 1. The van der Waals surface area contributed by atoms with Gasteiger partial charge in [0, 0.05) is 12.1 Å². The molecule has 0 saturated carbocycles. The molecule has 0 radical (unpaired) electrons. The van der Waals surface area contributed by atoms with Gasteiger partial charge in [-0.2, -0.15) is 0 Å². The molecule has 182 valence electrons. The van der Waals surface area contributed by atoms with Crippen molar-refractivity contribution in [3.8, 4) is 5.75 Å². The third-order valence-corrected chi connectivity index (χ3v) is 6.00. The van der Waals surface area contributed by atoms with Crippen molar-refractivity contribution in [2.75, 3.05) is 5.32 Å². The van der Waals surface area contributed by atoms with E-state index in [9.17, 15) is 4.79 Å². The van der Waals surface area contributed by atoms with E-state index < -0.39 is 0 Å². The lowest BCUT2D eigenvalue weighted by Gasteiger charge is -2.30. The first kappa shape index (κ1) is 27.0. The Morgan fingerprint density at radius 2 is 1.42 bits per heavy atom. The molecular weight excluding hydrogens is 406 g/mol. The Balaban J connectivity index is 2.04. The molecule has 0 fully saturated rings. The van der Waals surface area contributed by atoms with E-state index in [0.717, 1.165) is 24.3 Å². The second-order valence-corrected chi connectivity index (χ2v) is 11.9. The monoisotopic (exact) mass is 451 g/mol. The lowest BCUT2D eigenvalue weighted by Crippen LogP contribution is -2.20.